The summed E-state index contributed by atoms with van der Waals surface area (Å²) in [5, 5.41) is 0.720. The van der Waals surface area contributed by atoms with Crippen LogP contribution in [0.4, 0.5) is 0 Å². The van der Waals surface area contributed by atoms with Crippen LogP contribution in [0, 0.1) is 0 Å². The Labute approximate surface area is 147 Å². The summed E-state index contributed by atoms with van der Waals surface area (Å²) in [7, 11) is 0. The molecule has 0 radical (unpaired) electrons. The monoisotopic (exact) mass is 340 g/mol. The Hall–Kier alpha value is -1.84. The molecule has 124 valence electrons. The molecule has 1 unspecified atom stereocenters. The zero-order chi connectivity index (χ0) is 16.7. The molecule has 3 nitrogen and oxygen atoms in total. The van der Waals surface area contributed by atoms with E-state index in [9.17, 15) is 4.79 Å². The van der Waals surface area contributed by atoms with Gasteiger partial charge in [-0.05, 0) is 36.6 Å². The van der Waals surface area contributed by atoms with Gasteiger partial charge in [0, 0.05) is 35.8 Å². The van der Waals surface area contributed by atoms with Crippen LogP contribution in [-0.2, 0) is 5.66 Å². The molecule has 0 saturated carbocycles. The van der Waals surface area contributed by atoms with Crippen molar-refractivity contribution in [3.63, 3.8) is 0 Å². The van der Waals surface area contributed by atoms with E-state index in [1.165, 1.54) is 0 Å². The third-order valence-electron chi connectivity index (χ3n) is 5.18. The highest BCUT2D eigenvalue weighted by atomic mass is 35.5. The van der Waals surface area contributed by atoms with Gasteiger partial charge in [0.05, 0.1) is 0 Å². The van der Waals surface area contributed by atoms with Gasteiger partial charge in [0.25, 0.3) is 5.91 Å². The van der Waals surface area contributed by atoms with Crippen LogP contribution in [0.15, 0.2) is 48.5 Å². The molecule has 2 aromatic carbocycles. The number of nitrogens with zero attached hydrogens (tertiary/aromatic N) is 2. The molecule has 2 heterocycles. The SMILES string of the molecule is CCCN1CCCN2C(=O)c3ccccc3C12c1ccc(Cl)cc1. The molecule has 24 heavy (non-hydrogen) atoms. The first-order valence-electron chi connectivity index (χ1n) is 8.62. The number of amides is 1. The Morgan fingerprint density at radius 2 is 1.83 bits per heavy atom. The van der Waals surface area contributed by atoms with E-state index in [1.54, 1.807) is 0 Å². The van der Waals surface area contributed by atoms with E-state index in [0.717, 1.165) is 54.2 Å². The predicted molar refractivity (Wildman–Crippen MR) is 96.2 cm³/mol. The lowest BCUT2D eigenvalue weighted by atomic mass is 9.87. The highest BCUT2D eigenvalue weighted by Gasteiger charge is 2.55. The van der Waals surface area contributed by atoms with Crippen LogP contribution < -0.4 is 0 Å². The van der Waals surface area contributed by atoms with Crippen LogP contribution in [0.25, 0.3) is 0 Å². The Kier molecular flexibility index (Phi) is 3.86. The predicted octanol–water partition coefficient (Wildman–Crippen LogP) is 4.11. The van der Waals surface area contributed by atoms with Gasteiger partial charge in [-0.2, -0.15) is 0 Å². The number of carbonyl (C=O) groups is 1. The fourth-order valence-electron chi connectivity index (χ4n) is 4.32. The smallest absolute Gasteiger partial charge is 0.256 e. The van der Waals surface area contributed by atoms with Crippen molar-refractivity contribution in [3.05, 3.63) is 70.2 Å². The highest BCUT2D eigenvalue weighted by Crippen LogP contribution is 2.48. The molecule has 1 atom stereocenters. The Morgan fingerprint density at radius 3 is 2.58 bits per heavy atom. The van der Waals surface area contributed by atoms with E-state index in [-0.39, 0.29) is 5.91 Å². The second-order valence-corrected chi connectivity index (χ2v) is 6.96. The van der Waals surface area contributed by atoms with Crippen LogP contribution in [0.3, 0.4) is 0 Å². The fourth-order valence-corrected chi connectivity index (χ4v) is 4.44. The molecule has 4 heteroatoms. The molecule has 0 N–H and O–H groups in total. The minimum absolute atomic E-state index is 0.140. The van der Waals surface area contributed by atoms with E-state index in [2.05, 4.69) is 34.9 Å². The number of carbonyl (C=O) groups excluding carboxylic acids is 1. The van der Waals surface area contributed by atoms with Gasteiger partial charge in [0.1, 0.15) is 5.66 Å². The maximum atomic E-state index is 13.1. The van der Waals surface area contributed by atoms with Crippen molar-refractivity contribution in [2.24, 2.45) is 0 Å². The Bertz CT molecular complexity index is 771. The lowest BCUT2D eigenvalue weighted by Gasteiger charge is -2.51. The van der Waals surface area contributed by atoms with E-state index in [4.69, 9.17) is 11.6 Å². The molecule has 2 aromatic rings. The molecular weight excluding hydrogens is 320 g/mol. The van der Waals surface area contributed by atoms with E-state index in [1.807, 2.05) is 30.3 Å². The quantitative estimate of drug-likeness (QED) is 0.839. The van der Waals surface area contributed by atoms with Crippen molar-refractivity contribution in [3.8, 4) is 0 Å². The summed E-state index contributed by atoms with van der Waals surface area (Å²) in [6.07, 6.45) is 2.06. The molecule has 0 spiro atoms. The average Bonchev–Trinajstić information content (AvgIpc) is 2.87. The van der Waals surface area contributed by atoms with E-state index >= 15 is 0 Å². The molecule has 1 fully saturated rings. The van der Waals surface area contributed by atoms with Gasteiger partial charge < -0.3 is 4.90 Å². The summed E-state index contributed by atoms with van der Waals surface area (Å²) in [5.41, 5.74) is 2.56. The lowest BCUT2D eigenvalue weighted by molar-refractivity contribution is -0.0380. The summed E-state index contributed by atoms with van der Waals surface area (Å²) in [4.78, 5) is 17.6. The van der Waals surface area contributed by atoms with Crippen molar-refractivity contribution in [1.82, 2.24) is 9.80 Å². The van der Waals surface area contributed by atoms with Gasteiger partial charge in [-0.3, -0.25) is 9.69 Å². The summed E-state index contributed by atoms with van der Waals surface area (Å²) in [5.74, 6) is 0.140. The van der Waals surface area contributed by atoms with Gasteiger partial charge in [-0.1, -0.05) is 48.9 Å². The number of benzene rings is 2. The van der Waals surface area contributed by atoms with Crippen LogP contribution >= 0.6 is 11.6 Å². The molecule has 2 aliphatic rings. The number of rotatable bonds is 3. The first kappa shape index (κ1) is 15.7. The van der Waals surface area contributed by atoms with Crippen molar-refractivity contribution in [2.45, 2.75) is 25.4 Å². The molecule has 1 saturated heterocycles. The van der Waals surface area contributed by atoms with Gasteiger partial charge in [0.2, 0.25) is 0 Å². The highest BCUT2D eigenvalue weighted by molar-refractivity contribution is 6.30. The molecular formula is C20H21ClN2O. The second-order valence-electron chi connectivity index (χ2n) is 6.52. The summed E-state index contributed by atoms with van der Waals surface area (Å²) in [6, 6.07) is 16.0. The first-order valence-corrected chi connectivity index (χ1v) is 9.00. The number of halogens is 1. The van der Waals surface area contributed by atoms with Crippen LogP contribution in [-0.4, -0.2) is 35.3 Å². The number of hydrogen-bond acceptors (Lipinski definition) is 2. The van der Waals surface area contributed by atoms with Gasteiger partial charge in [-0.25, -0.2) is 0 Å². The van der Waals surface area contributed by atoms with E-state index < -0.39 is 5.66 Å². The second kappa shape index (κ2) is 5.91. The molecule has 1 amide bonds. The third kappa shape index (κ3) is 2.04. The van der Waals surface area contributed by atoms with Crippen LogP contribution in [0.2, 0.25) is 5.02 Å². The minimum Gasteiger partial charge on any atom is -0.312 e. The van der Waals surface area contributed by atoms with Crippen LogP contribution in [0.5, 0.6) is 0 Å². The maximum absolute atomic E-state index is 13.1. The molecule has 0 bridgehead atoms. The Balaban J connectivity index is 2.00. The zero-order valence-corrected chi connectivity index (χ0v) is 14.6. The largest absolute Gasteiger partial charge is 0.312 e. The van der Waals surface area contributed by atoms with Crippen molar-refractivity contribution < 1.29 is 4.79 Å². The molecule has 0 aliphatic carbocycles. The van der Waals surface area contributed by atoms with Gasteiger partial charge >= 0.3 is 0 Å². The standard InChI is InChI=1S/C20H21ClN2O/c1-2-12-22-13-5-14-23-19(24)17-6-3-4-7-18(17)20(22,23)15-8-10-16(21)11-9-15/h3-4,6-11H,2,5,12-14H2,1H3. The lowest BCUT2D eigenvalue weighted by Crippen LogP contribution is -2.61. The first-order chi connectivity index (χ1) is 11.7. The van der Waals surface area contributed by atoms with Crippen molar-refractivity contribution in [1.29, 1.82) is 0 Å². The minimum atomic E-state index is -0.494. The molecule has 2 aliphatic heterocycles. The van der Waals surface area contributed by atoms with Crippen molar-refractivity contribution in [2.75, 3.05) is 19.6 Å². The number of hydrogen-bond donors (Lipinski definition) is 0. The third-order valence-corrected chi connectivity index (χ3v) is 5.43. The van der Waals surface area contributed by atoms with Crippen molar-refractivity contribution >= 4 is 17.5 Å². The Morgan fingerprint density at radius 1 is 1.08 bits per heavy atom. The number of fused-ring (bicyclic) bond motifs is 3. The summed E-state index contributed by atoms with van der Waals surface area (Å²) < 4.78 is 0. The normalized spacial score (nSPS) is 23.2. The van der Waals surface area contributed by atoms with Gasteiger partial charge in [-0.15, -0.1) is 0 Å². The van der Waals surface area contributed by atoms with E-state index in [0.29, 0.717) is 0 Å². The summed E-state index contributed by atoms with van der Waals surface area (Å²) in [6.45, 7) is 4.93. The fraction of sp³-hybridized carbons (Fsp3) is 0.350. The summed E-state index contributed by atoms with van der Waals surface area (Å²) >= 11 is 6.12. The topological polar surface area (TPSA) is 23.6 Å². The maximum Gasteiger partial charge on any atom is 0.256 e. The average molecular weight is 341 g/mol. The van der Waals surface area contributed by atoms with Gasteiger partial charge in [0.15, 0.2) is 0 Å². The van der Waals surface area contributed by atoms with Crippen LogP contribution in [0.1, 0.15) is 41.3 Å². The zero-order valence-electron chi connectivity index (χ0n) is 13.8. The molecule has 4 rings (SSSR count). The molecule has 0 aromatic heterocycles.